The first-order valence-corrected chi connectivity index (χ1v) is 8.22. The van der Waals surface area contributed by atoms with Crippen molar-refractivity contribution in [1.29, 1.82) is 0 Å². The van der Waals surface area contributed by atoms with Crippen LogP contribution in [0.4, 0.5) is 17.2 Å². The van der Waals surface area contributed by atoms with E-state index in [9.17, 15) is 4.79 Å². The van der Waals surface area contributed by atoms with Crippen LogP contribution in [-0.2, 0) is 0 Å². The summed E-state index contributed by atoms with van der Waals surface area (Å²) in [5.41, 5.74) is 2.63. The van der Waals surface area contributed by atoms with E-state index in [2.05, 4.69) is 15.6 Å². The third kappa shape index (κ3) is 3.88. The third-order valence-corrected chi connectivity index (χ3v) is 4.33. The van der Waals surface area contributed by atoms with Crippen molar-refractivity contribution in [3.05, 3.63) is 69.5 Å². The largest absolute Gasteiger partial charge is 0.340 e. The van der Waals surface area contributed by atoms with Crippen LogP contribution in [0.15, 0.2) is 54.0 Å². The highest BCUT2D eigenvalue weighted by atomic mass is 35.5. The zero-order valence-electron chi connectivity index (χ0n) is 12.3. The zero-order chi connectivity index (χ0) is 16.2. The van der Waals surface area contributed by atoms with E-state index in [1.54, 1.807) is 18.3 Å². The Hall–Kier alpha value is -2.37. The number of hydrogen-bond donors (Lipinski definition) is 2. The molecule has 2 aromatic heterocycles. The quantitative estimate of drug-likeness (QED) is 0.692. The lowest BCUT2D eigenvalue weighted by Crippen LogP contribution is -2.10. The van der Waals surface area contributed by atoms with E-state index < -0.39 is 0 Å². The minimum absolute atomic E-state index is 0.131. The highest BCUT2D eigenvalue weighted by Crippen LogP contribution is 2.23. The van der Waals surface area contributed by atoms with Gasteiger partial charge < -0.3 is 10.6 Å². The van der Waals surface area contributed by atoms with Crippen molar-refractivity contribution < 1.29 is 4.79 Å². The number of rotatable bonds is 4. The molecule has 0 fully saturated rings. The number of benzene rings is 1. The van der Waals surface area contributed by atoms with E-state index in [4.69, 9.17) is 11.6 Å². The molecule has 4 nitrogen and oxygen atoms in total. The van der Waals surface area contributed by atoms with Gasteiger partial charge in [0.15, 0.2) is 0 Å². The number of aromatic nitrogens is 1. The van der Waals surface area contributed by atoms with Gasteiger partial charge >= 0.3 is 0 Å². The summed E-state index contributed by atoms with van der Waals surface area (Å²) >= 11 is 7.41. The average Bonchev–Trinajstić information content (AvgIpc) is 3.07. The summed E-state index contributed by atoms with van der Waals surface area (Å²) in [4.78, 5) is 17.0. The van der Waals surface area contributed by atoms with E-state index in [-0.39, 0.29) is 5.91 Å². The second kappa shape index (κ2) is 6.81. The Kier molecular flexibility index (Phi) is 4.60. The van der Waals surface area contributed by atoms with Gasteiger partial charge in [-0.25, -0.2) is 4.98 Å². The molecule has 0 spiro atoms. The molecule has 23 heavy (non-hydrogen) atoms. The molecule has 0 bridgehead atoms. The van der Waals surface area contributed by atoms with Crippen LogP contribution >= 0.6 is 22.9 Å². The maximum absolute atomic E-state index is 12.0. The summed E-state index contributed by atoms with van der Waals surface area (Å²) in [6.07, 6.45) is 1.62. The summed E-state index contributed by atoms with van der Waals surface area (Å²) < 4.78 is 0. The first-order chi connectivity index (χ1) is 11.1. The Morgan fingerprint density at radius 1 is 1.22 bits per heavy atom. The van der Waals surface area contributed by atoms with Crippen LogP contribution in [0.25, 0.3) is 0 Å². The molecule has 0 saturated carbocycles. The number of amides is 1. The summed E-state index contributed by atoms with van der Waals surface area (Å²) in [5, 5.41) is 8.56. The smallest absolute Gasteiger partial charge is 0.265 e. The van der Waals surface area contributed by atoms with Gasteiger partial charge in [0, 0.05) is 10.7 Å². The van der Waals surface area contributed by atoms with E-state index >= 15 is 0 Å². The molecule has 116 valence electrons. The van der Waals surface area contributed by atoms with Gasteiger partial charge in [0.2, 0.25) is 0 Å². The van der Waals surface area contributed by atoms with Crippen molar-refractivity contribution >= 4 is 46.0 Å². The van der Waals surface area contributed by atoms with Gasteiger partial charge in [-0.3, -0.25) is 4.79 Å². The van der Waals surface area contributed by atoms with E-state index in [0.29, 0.717) is 21.4 Å². The van der Waals surface area contributed by atoms with Gasteiger partial charge in [0.25, 0.3) is 5.91 Å². The molecule has 2 N–H and O–H groups in total. The van der Waals surface area contributed by atoms with Gasteiger partial charge in [-0.05, 0) is 48.2 Å². The van der Waals surface area contributed by atoms with Crippen molar-refractivity contribution in [2.24, 2.45) is 0 Å². The average molecular weight is 344 g/mol. The molecule has 3 rings (SSSR count). The topological polar surface area (TPSA) is 54.0 Å². The number of nitrogens with zero attached hydrogens (tertiary/aromatic N) is 1. The van der Waals surface area contributed by atoms with Crippen LogP contribution in [0.1, 0.15) is 15.2 Å². The molecule has 2 heterocycles. The number of halogens is 1. The summed E-state index contributed by atoms with van der Waals surface area (Å²) in [6, 6.07) is 12.9. The molecule has 0 radical (unpaired) electrons. The zero-order valence-corrected chi connectivity index (χ0v) is 13.9. The van der Waals surface area contributed by atoms with Crippen molar-refractivity contribution in [1.82, 2.24) is 4.98 Å². The van der Waals surface area contributed by atoms with Gasteiger partial charge in [-0.1, -0.05) is 23.7 Å². The fourth-order valence-corrected chi connectivity index (χ4v) is 2.80. The lowest BCUT2D eigenvalue weighted by atomic mass is 10.2. The first kappa shape index (κ1) is 15.5. The normalized spacial score (nSPS) is 10.3. The monoisotopic (exact) mass is 343 g/mol. The Morgan fingerprint density at radius 2 is 2.09 bits per heavy atom. The minimum atomic E-state index is -0.131. The summed E-state index contributed by atoms with van der Waals surface area (Å²) in [7, 11) is 0. The Morgan fingerprint density at radius 3 is 2.78 bits per heavy atom. The second-order valence-corrected chi connectivity index (χ2v) is 6.33. The predicted molar refractivity (Wildman–Crippen MR) is 96.0 cm³/mol. The van der Waals surface area contributed by atoms with Gasteiger partial charge in [-0.15, -0.1) is 11.3 Å². The molecule has 1 aromatic carbocycles. The van der Waals surface area contributed by atoms with Crippen LogP contribution in [0.3, 0.4) is 0 Å². The van der Waals surface area contributed by atoms with Crippen LogP contribution in [0.5, 0.6) is 0 Å². The number of thiophene rings is 1. The van der Waals surface area contributed by atoms with Crippen molar-refractivity contribution in [2.45, 2.75) is 6.92 Å². The molecular weight excluding hydrogens is 330 g/mol. The lowest BCUT2D eigenvalue weighted by molar-refractivity contribution is 0.103. The van der Waals surface area contributed by atoms with Crippen LogP contribution in [0.2, 0.25) is 5.02 Å². The van der Waals surface area contributed by atoms with Crippen LogP contribution in [0, 0.1) is 6.92 Å². The fourth-order valence-electron chi connectivity index (χ4n) is 2.01. The van der Waals surface area contributed by atoms with Gasteiger partial charge in [0.1, 0.15) is 5.82 Å². The standard InChI is InChI=1S/C17H14ClN3OS/c1-11-4-5-12(18)9-14(11)21-16-7-6-13(10-19-16)20-17(22)15-3-2-8-23-15/h2-10H,1H3,(H,19,21)(H,20,22). The number of anilines is 3. The molecule has 1 amide bonds. The van der Waals surface area contributed by atoms with E-state index in [1.165, 1.54) is 11.3 Å². The molecule has 0 aliphatic rings. The molecule has 0 aliphatic heterocycles. The second-order valence-electron chi connectivity index (χ2n) is 4.95. The molecular formula is C17H14ClN3OS. The van der Waals surface area contributed by atoms with E-state index in [1.807, 2.05) is 42.6 Å². The molecule has 3 aromatic rings. The molecule has 0 aliphatic carbocycles. The van der Waals surface area contributed by atoms with Crippen LogP contribution < -0.4 is 10.6 Å². The highest BCUT2D eigenvalue weighted by molar-refractivity contribution is 7.12. The number of hydrogen-bond acceptors (Lipinski definition) is 4. The Labute approximate surface area is 143 Å². The lowest BCUT2D eigenvalue weighted by Gasteiger charge is -2.10. The minimum Gasteiger partial charge on any atom is -0.340 e. The Balaban J connectivity index is 1.70. The number of nitrogens with one attached hydrogen (secondary N) is 2. The molecule has 6 heteroatoms. The number of carbonyl (C=O) groups excluding carboxylic acids is 1. The highest BCUT2D eigenvalue weighted by Gasteiger charge is 2.07. The van der Waals surface area contributed by atoms with Gasteiger partial charge in [0.05, 0.1) is 16.8 Å². The summed E-state index contributed by atoms with van der Waals surface area (Å²) in [6.45, 7) is 1.99. The van der Waals surface area contributed by atoms with Crippen molar-refractivity contribution in [3.8, 4) is 0 Å². The molecule has 0 unspecified atom stereocenters. The number of pyridine rings is 1. The van der Waals surface area contributed by atoms with Crippen molar-refractivity contribution in [2.75, 3.05) is 10.6 Å². The molecule has 0 saturated heterocycles. The van der Waals surface area contributed by atoms with Crippen molar-refractivity contribution in [3.63, 3.8) is 0 Å². The fraction of sp³-hybridized carbons (Fsp3) is 0.0588. The number of aryl methyl sites for hydroxylation is 1. The van der Waals surface area contributed by atoms with Gasteiger partial charge in [-0.2, -0.15) is 0 Å². The third-order valence-electron chi connectivity index (χ3n) is 3.23. The molecule has 0 atom stereocenters. The summed E-state index contributed by atoms with van der Waals surface area (Å²) in [5.74, 6) is 0.553. The van der Waals surface area contributed by atoms with E-state index in [0.717, 1.165) is 11.3 Å². The maximum Gasteiger partial charge on any atom is 0.265 e. The Bertz CT molecular complexity index is 816. The SMILES string of the molecule is Cc1ccc(Cl)cc1Nc1ccc(NC(=O)c2cccs2)cn1. The number of carbonyl (C=O) groups is 1. The first-order valence-electron chi connectivity index (χ1n) is 6.96. The predicted octanol–water partition coefficient (Wildman–Crippen LogP) is 5.10. The van der Waals surface area contributed by atoms with Crippen LogP contribution in [-0.4, -0.2) is 10.9 Å². The maximum atomic E-state index is 12.0.